The summed E-state index contributed by atoms with van der Waals surface area (Å²) in [5.41, 5.74) is -0.368. The van der Waals surface area contributed by atoms with E-state index in [1.165, 1.54) is 0 Å². The maximum atomic E-state index is 10.1. The van der Waals surface area contributed by atoms with Crippen LogP contribution in [0, 0.1) is 6.92 Å². The van der Waals surface area contributed by atoms with Crippen LogP contribution in [0.4, 0.5) is 0 Å². The normalized spacial score (nSPS) is 12.4. The van der Waals surface area contributed by atoms with E-state index in [0.717, 1.165) is 5.56 Å². The molecule has 0 saturated heterocycles. The fraction of sp³-hybridized carbons (Fsp3) is 0.571. The lowest BCUT2D eigenvalue weighted by atomic mass is 9.76. The van der Waals surface area contributed by atoms with E-state index in [1.54, 1.807) is 46.9 Å². The van der Waals surface area contributed by atoms with Crippen molar-refractivity contribution in [1.82, 2.24) is 0 Å². The third kappa shape index (κ3) is 3.72. The highest BCUT2D eigenvalue weighted by Gasteiger charge is 2.39. The van der Waals surface area contributed by atoms with Gasteiger partial charge in [0.1, 0.15) is 5.75 Å². The summed E-state index contributed by atoms with van der Waals surface area (Å²) < 4.78 is 10.8. The molecule has 2 N–H and O–H groups in total. The second kappa shape index (κ2) is 5.53. The summed E-state index contributed by atoms with van der Waals surface area (Å²) in [5.74, 6) is 0.696. The highest BCUT2D eigenvalue weighted by atomic mass is 16.5. The first-order valence-electron chi connectivity index (χ1n) is 6.31. The standard InChI is InChI=1S/C14H23BO4/c1-10-7-8-11(9-12(10)18-6)15(17)19-14(4,5)13(2,3)16/h7-9,16-17H,1-6H3. The van der Waals surface area contributed by atoms with Crippen LogP contribution in [0.1, 0.15) is 33.3 Å². The van der Waals surface area contributed by atoms with Crippen LogP contribution in [0.5, 0.6) is 5.75 Å². The zero-order valence-electron chi connectivity index (χ0n) is 12.5. The number of ether oxygens (including phenoxy) is 1. The molecule has 1 aromatic rings. The number of hydrogen-bond acceptors (Lipinski definition) is 4. The Bertz CT molecular complexity index is 438. The topological polar surface area (TPSA) is 58.9 Å². The first-order chi connectivity index (χ1) is 8.58. The predicted molar refractivity (Wildman–Crippen MR) is 76.8 cm³/mol. The Hall–Kier alpha value is -1.04. The smallest absolute Gasteiger partial charge is 0.491 e. The molecule has 106 valence electrons. The Morgan fingerprint density at radius 1 is 1.16 bits per heavy atom. The SMILES string of the molecule is COc1cc(B(O)OC(C)(C)C(C)(C)O)ccc1C. The van der Waals surface area contributed by atoms with E-state index in [9.17, 15) is 10.1 Å². The Labute approximate surface area is 115 Å². The maximum absolute atomic E-state index is 10.1. The molecule has 0 aliphatic carbocycles. The molecule has 5 heteroatoms. The average Bonchev–Trinajstić information content (AvgIpc) is 2.27. The molecule has 0 fully saturated rings. The second-order valence-electron chi connectivity index (χ2n) is 5.77. The van der Waals surface area contributed by atoms with E-state index in [2.05, 4.69) is 0 Å². The van der Waals surface area contributed by atoms with Gasteiger partial charge in [-0.1, -0.05) is 12.1 Å². The van der Waals surface area contributed by atoms with Gasteiger partial charge in [-0.2, -0.15) is 0 Å². The summed E-state index contributed by atoms with van der Waals surface area (Å²) in [5, 5.41) is 20.2. The predicted octanol–water partition coefficient (Wildman–Crippen LogP) is 1.26. The number of aryl methyl sites for hydroxylation is 1. The number of methoxy groups -OCH3 is 1. The van der Waals surface area contributed by atoms with Crippen molar-refractivity contribution >= 4 is 12.6 Å². The van der Waals surface area contributed by atoms with Crippen LogP contribution < -0.4 is 10.2 Å². The van der Waals surface area contributed by atoms with Crippen LogP contribution in [0.15, 0.2) is 18.2 Å². The molecule has 0 amide bonds. The minimum absolute atomic E-state index is 0.597. The molecule has 0 bridgehead atoms. The summed E-state index contributed by atoms with van der Waals surface area (Å²) >= 11 is 0. The first-order valence-corrected chi connectivity index (χ1v) is 6.31. The lowest BCUT2D eigenvalue weighted by Crippen LogP contribution is -2.53. The van der Waals surface area contributed by atoms with Gasteiger partial charge in [0, 0.05) is 0 Å². The molecule has 0 saturated carbocycles. The van der Waals surface area contributed by atoms with Crippen LogP contribution in [0.25, 0.3) is 0 Å². The van der Waals surface area contributed by atoms with Crippen LogP contribution in [0.2, 0.25) is 0 Å². The number of benzene rings is 1. The van der Waals surface area contributed by atoms with Gasteiger partial charge in [-0.05, 0) is 51.7 Å². The fourth-order valence-corrected chi connectivity index (χ4v) is 1.48. The van der Waals surface area contributed by atoms with Crippen molar-refractivity contribution in [2.24, 2.45) is 0 Å². The Morgan fingerprint density at radius 3 is 2.21 bits per heavy atom. The molecule has 0 spiro atoms. The first kappa shape index (κ1) is 16.0. The number of aliphatic hydroxyl groups is 1. The van der Waals surface area contributed by atoms with Gasteiger partial charge in [-0.3, -0.25) is 0 Å². The van der Waals surface area contributed by atoms with E-state index in [4.69, 9.17) is 9.39 Å². The third-order valence-corrected chi connectivity index (χ3v) is 3.60. The van der Waals surface area contributed by atoms with Crippen molar-refractivity contribution in [3.05, 3.63) is 23.8 Å². The molecule has 0 aliphatic rings. The molecule has 0 aliphatic heterocycles. The molecule has 1 rings (SSSR count). The van der Waals surface area contributed by atoms with E-state index >= 15 is 0 Å². The lowest BCUT2D eigenvalue weighted by molar-refractivity contribution is -0.0982. The summed E-state index contributed by atoms with van der Waals surface area (Å²) in [6.07, 6.45) is 0. The molecule has 0 heterocycles. The van der Waals surface area contributed by atoms with Gasteiger partial charge in [0.05, 0.1) is 18.3 Å². The maximum Gasteiger partial charge on any atom is 0.491 e. The van der Waals surface area contributed by atoms with Gasteiger partial charge in [0.25, 0.3) is 0 Å². The van der Waals surface area contributed by atoms with Crippen molar-refractivity contribution in [1.29, 1.82) is 0 Å². The largest absolute Gasteiger partial charge is 0.497 e. The van der Waals surface area contributed by atoms with Gasteiger partial charge in [-0.15, -0.1) is 0 Å². The summed E-state index contributed by atoms with van der Waals surface area (Å²) in [4.78, 5) is 0. The Morgan fingerprint density at radius 2 is 1.74 bits per heavy atom. The molecule has 4 nitrogen and oxygen atoms in total. The van der Waals surface area contributed by atoms with E-state index in [0.29, 0.717) is 11.2 Å². The highest BCUT2D eigenvalue weighted by Crippen LogP contribution is 2.25. The van der Waals surface area contributed by atoms with Gasteiger partial charge >= 0.3 is 7.12 Å². The number of hydrogen-bond donors (Lipinski definition) is 2. The summed E-state index contributed by atoms with van der Waals surface area (Å²) in [6.45, 7) is 8.70. The molecule has 0 atom stereocenters. The molecular formula is C14H23BO4. The molecule has 0 radical (unpaired) electrons. The minimum atomic E-state index is -1.11. The zero-order chi connectivity index (χ0) is 14.8. The van der Waals surface area contributed by atoms with E-state index < -0.39 is 18.3 Å². The van der Waals surface area contributed by atoms with Crippen molar-refractivity contribution < 1.29 is 19.5 Å². The molecular weight excluding hydrogens is 243 g/mol. The molecule has 19 heavy (non-hydrogen) atoms. The van der Waals surface area contributed by atoms with Crippen LogP contribution in [-0.4, -0.2) is 35.6 Å². The molecule has 1 aromatic carbocycles. The van der Waals surface area contributed by atoms with Gasteiger partial charge in [0.15, 0.2) is 0 Å². The average molecular weight is 266 g/mol. The highest BCUT2D eigenvalue weighted by molar-refractivity contribution is 6.60. The minimum Gasteiger partial charge on any atom is -0.497 e. The van der Waals surface area contributed by atoms with Crippen molar-refractivity contribution in [2.75, 3.05) is 7.11 Å². The Balaban J connectivity index is 2.93. The van der Waals surface area contributed by atoms with E-state index in [1.807, 2.05) is 13.0 Å². The zero-order valence-corrected chi connectivity index (χ0v) is 12.5. The second-order valence-corrected chi connectivity index (χ2v) is 5.77. The summed E-state index contributed by atoms with van der Waals surface area (Å²) in [6, 6.07) is 5.38. The number of rotatable bonds is 5. The van der Waals surface area contributed by atoms with Gasteiger partial charge < -0.3 is 19.5 Å². The monoisotopic (exact) mass is 266 g/mol. The van der Waals surface area contributed by atoms with Crippen molar-refractivity contribution in [3.63, 3.8) is 0 Å². The fourth-order valence-electron chi connectivity index (χ4n) is 1.48. The van der Waals surface area contributed by atoms with Crippen LogP contribution in [-0.2, 0) is 4.65 Å². The molecule has 0 aromatic heterocycles. The molecule has 0 unspecified atom stereocenters. The van der Waals surface area contributed by atoms with E-state index in [-0.39, 0.29) is 0 Å². The third-order valence-electron chi connectivity index (χ3n) is 3.60. The van der Waals surface area contributed by atoms with Crippen LogP contribution >= 0.6 is 0 Å². The summed E-state index contributed by atoms with van der Waals surface area (Å²) in [7, 11) is 0.469. The van der Waals surface area contributed by atoms with Crippen molar-refractivity contribution in [3.8, 4) is 5.75 Å². The quantitative estimate of drug-likeness (QED) is 0.788. The lowest BCUT2D eigenvalue weighted by Gasteiger charge is -2.38. The van der Waals surface area contributed by atoms with Crippen molar-refractivity contribution in [2.45, 2.75) is 45.8 Å². The van der Waals surface area contributed by atoms with Gasteiger partial charge in [-0.25, -0.2) is 0 Å². The van der Waals surface area contributed by atoms with Gasteiger partial charge in [0.2, 0.25) is 0 Å². The Kier molecular flexibility index (Phi) is 4.66. The van der Waals surface area contributed by atoms with Crippen LogP contribution in [0.3, 0.4) is 0 Å².